The Morgan fingerprint density at radius 3 is 2.00 bits per heavy atom. The molecule has 0 saturated carbocycles. The first-order chi connectivity index (χ1) is 8.91. The summed E-state index contributed by atoms with van der Waals surface area (Å²) in [6.45, 7) is -0.525. The summed E-state index contributed by atoms with van der Waals surface area (Å²) in [4.78, 5) is 0. The van der Waals surface area contributed by atoms with Crippen molar-refractivity contribution in [3.05, 3.63) is 0 Å². The van der Waals surface area contributed by atoms with Gasteiger partial charge in [-0.05, 0) is 0 Å². The Hall–Kier alpha value is -0.360. The zero-order valence-corrected chi connectivity index (χ0v) is 9.94. The second-order valence-electron chi connectivity index (χ2n) is 4.63. The van der Waals surface area contributed by atoms with Crippen LogP contribution < -0.4 is 0 Å². The quantitative estimate of drug-likeness (QED) is 0.297. The number of hydrogen-bond donors (Lipinski definition) is 6. The first-order valence-electron chi connectivity index (χ1n) is 5.89. The van der Waals surface area contributed by atoms with E-state index in [4.69, 9.17) is 14.2 Å². The Bertz CT molecular complexity index is 301. The minimum absolute atomic E-state index is 0.252. The van der Waals surface area contributed by atoms with Crippen molar-refractivity contribution < 1.29 is 44.8 Å². The minimum atomic E-state index is -1.55. The molecule has 0 aromatic heterocycles. The van der Waals surface area contributed by atoms with Crippen LogP contribution in [0.2, 0.25) is 0 Å². The number of rotatable bonds is 2. The molecule has 2 aliphatic rings. The highest BCUT2D eigenvalue weighted by Gasteiger charge is 2.45. The zero-order valence-electron chi connectivity index (χ0n) is 9.94. The van der Waals surface area contributed by atoms with Crippen molar-refractivity contribution in [1.29, 1.82) is 0 Å². The van der Waals surface area contributed by atoms with E-state index in [9.17, 15) is 30.6 Å². The van der Waals surface area contributed by atoms with E-state index in [0.717, 1.165) is 0 Å². The van der Waals surface area contributed by atoms with Crippen LogP contribution in [0.1, 0.15) is 0 Å². The number of ether oxygens (including phenoxy) is 3. The van der Waals surface area contributed by atoms with E-state index in [1.807, 2.05) is 0 Å². The van der Waals surface area contributed by atoms with Gasteiger partial charge in [-0.1, -0.05) is 0 Å². The standard InChI is InChI=1S/C10H18O9/c11-3-2-18-10(7(15)5(3)13)19-8-6(14)4(12)1-17-9(8)16/h3-16H,1-2H2/t3-,4-,5+,6+,7-,8-,9-,10-/m1/s1. The second kappa shape index (κ2) is 5.95. The molecule has 112 valence electrons. The van der Waals surface area contributed by atoms with Gasteiger partial charge >= 0.3 is 0 Å². The van der Waals surface area contributed by atoms with Gasteiger partial charge in [0.15, 0.2) is 12.6 Å². The normalized spacial score (nSPS) is 52.1. The predicted octanol–water partition coefficient (Wildman–Crippen LogP) is -4.12. The van der Waals surface area contributed by atoms with E-state index in [1.54, 1.807) is 0 Å². The first-order valence-corrected chi connectivity index (χ1v) is 5.89. The molecule has 2 fully saturated rings. The van der Waals surface area contributed by atoms with Crippen LogP contribution in [0.5, 0.6) is 0 Å². The van der Waals surface area contributed by atoms with Crippen LogP contribution in [0.15, 0.2) is 0 Å². The summed E-state index contributed by atoms with van der Waals surface area (Å²) in [6.07, 6.45) is -11.2. The molecule has 19 heavy (non-hydrogen) atoms. The van der Waals surface area contributed by atoms with Crippen LogP contribution in [0, 0.1) is 0 Å². The Balaban J connectivity index is 1.99. The molecular formula is C10H18O9. The maximum atomic E-state index is 9.68. The number of aliphatic hydroxyl groups is 6. The van der Waals surface area contributed by atoms with Gasteiger partial charge in [0, 0.05) is 0 Å². The van der Waals surface area contributed by atoms with Crippen LogP contribution in [0.4, 0.5) is 0 Å². The van der Waals surface area contributed by atoms with Crippen molar-refractivity contribution in [2.45, 2.75) is 49.2 Å². The maximum absolute atomic E-state index is 9.68. The molecule has 0 bridgehead atoms. The maximum Gasteiger partial charge on any atom is 0.186 e. The van der Waals surface area contributed by atoms with Crippen molar-refractivity contribution in [2.24, 2.45) is 0 Å². The lowest BCUT2D eigenvalue weighted by atomic mass is 10.0. The summed E-state index contributed by atoms with van der Waals surface area (Å²) in [5, 5.41) is 57.0. The number of hydrogen-bond acceptors (Lipinski definition) is 9. The van der Waals surface area contributed by atoms with Crippen LogP contribution in [-0.4, -0.2) is 93.1 Å². The largest absolute Gasteiger partial charge is 0.388 e. The average Bonchev–Trinajstić information content (AvgIpc) is 2.39. The molecule has 0 spiro atoms. The third-order valence-electron chi connectivity index (χ3n) is 3.20. The highest BCUT2D eigenvalue weighted by Crippen LogP contribution is 2.23. The fourth-order valence-corrected chi connectivity index (χ4v) is 1.98. The third kappa shape index (κ3) is 3.05. The van der Waals surface area contributed by atoms with Crippen LogP contribution in [0.3, 0.4) is 0 Å². The SMILES string of the molecule is O[C@@H]1[C@@H](O)[C@@H](O[C@@H]2[C@@H](O)[C@H](O)CO[C@H]2O)OC[C@H]1O. The lowest BCUT2D eigenvalue weighted by molar-refractivity contribution is -0.336. The van der Waals surface area contributed by atoms with Crippen LogP contribution >= 0.6 is 0 Å². The van der Waals surface area contributed by atoms with Crippen molar-refractivity contribution in [3.8, 4) is 0 Å². The van der Waals surface area contributed by atoms with E-state index >= 15 is 0 Å². The molecule has 0 aliphatic carbocycles. The Kier molecular flexibility index (Phi) is 4.71. The van der Waals surface area contributed by atoms with Gasteiger partial charge in [0.1, 0.15) is 36.6 Å². The van der Waals surface area contributed by atoms with Crippen molar-refractivity contribution in [2.75, 3.05) is 13.2 Å². The van der Waals surface area contributed by atoms with E-state index in [1.165, 1.54) is 0 Å². The monoisotopic (exact) mass is 282 g/mol. The fraction of sp³-hybridized carbons (Fsp3) is 1.00. The lowest BCUT2D eigenvalue weighted by Crippen LogP contribution is -2.60. The molecule has 0 radical (unpaired) electrons. The summed E-state index contributed by atoms with van der Waals surface area (Å²) in [5.41, 5.74) is 0. The molecule has 8 atom stereocenters. The molecule has 2 rings (SSSR count). The van der Waals surface area contributed by atoms with Crippen molar-refractivity contribution in [3.63, 3.8) is 0 Å². The average molecular weight is 282 g/mol. The molecule has 0 unspecified atom stereocenters. The van der Waals surface area contributed by atoms with Gasteiger partial charge in [-0.25, -0.2) is 0 Å². The Labute approximate surface area is 108 Å². The van der Waals surface area contributed by atoms with E-state index in [-0.39, 0.29) is 13.2 Å². The van der Waals surface area contributed by atoms with E-state index in [0.29, 0.717) is 0 Å². The highest BCUT2D eigenvalue weighted by molar-refractivity contribution is 4.87. The molecule has 2 heterocycles. The molecule has 2 aliphatic heterocycles. The van der Waals surface area contributed by atoms with E-state index in [2.05, 4.69) is 0 Å². The number of aliphatic hydroxyl groups excluding tert-OH is 6. The van der Waals surface area contributed by atoms with Gasteiger partial charge in [0.25, 0.3) is 0 Å². The molecule has 0 aromatic rings. The lowest BCUT2D eigenvalue weighted by Gasteiger charge is -2.41. The molecule has 2 saturated heterocycles. The summed E-state index contributed by atoms with van der Waals surface area (Å²) in [7, 11) is 0. The van der Waals surface area contributed by atoms with Crippen molar-refractivity contribution in [1.82, 2.24) is 0 Å². The topological polar surface area (TPSA) is 149 Å². The van der Waals surface area contributed by atoms with Crippen LogP contribution in [-0.2, 0) is 14.2 Å². The Morgan fingerprint density at radius 2 is 1.32 bits per heavy atom. The summed E-state index contributed by atoms with van der Waals surface area (Å²) in [5.74, 6) is 0. The summed E-state index contributed by atoms with van der Waals surface area (Å²) >= 11 is 0. The van der Waals surface area contributed by atoms with Gasteiger partial charge < -0.3 is 44.8 Å². The van der Waals surface area contributed by atoms with Crippen LogP contribution in [0.25, 0.3) is 0 Å². The summed E-state index contributed by atoms with van der Waals surface area (Å²) in [6, 6.07) is 0. The molecule has 0 amide bonds. The van der Waals surface area contributed by atoms with Gasteiger partial charge in [0.2, 0.25) is 0 Å². The van der Waals surface area contributed by atoms with Crippen molar-refractivity contribution >= 4 is 0 Å². The fourth-order valence-electron chi connectivity index (χ4n) is 1.98. The zero-order chi connectivity index (χ0) is 14.2. The van der Waals surface area contributed by atoms with Gasteiger partial charge in [-0.3, -0.25) is 0 Å². The minimum Gasteiger partial charge on any atom is -0.388 e. The smallest absolute Gasteiger partial charge is 0.186 e. The van der Waals surface area contributed by atoms with E-state index < -0.39 is 49.2 Å². The van der Waals surface area contributed by atoms with Gasteiger partial charge in [0.05, 0.1) is 13.2 Å². The first kappa shape index (κ1) is 15.0. The predicted molar refractivity (Wildman–Crippen MR) is 56.6 cm³/mol. The molecular weight excluding hydrogens is 264 g/mol. The molecule has 0 aromatic carbocycles. The second-order valence-corrected chi connectivity index (χ2v) is 4.63. The Morgan fingerprint density at radius 1 is 0.737 bits per heavy atom. The molecule has 9 nitrogen and oxygen atoms in total. The van der Waals surface area contributed by atoms with Gasteiger partial charge in [-0.2, -0.15) is 0 Å². The highest BCUT2D eigenvalue weighted by atomic mass is 16.7. The summed E-state index contributed by atoms with van der Waals surface area (Å²) < 4.78 is 14.9. The third-order valence-corrected chi connectivity index (χ3v) is 3.20. The van der Waals surface area contributed by atoms with Gasteiger partial charge in [-0.15, -0.1) is 0 Å². The molecule has 6 N–H and O–H groups in total. The molecule has 9 heteroatoms.